The number of hydrogen-bond donors (Lipinski definition) is 1. The predicted molar refractivity (Wildman–Crippen MR) is 92.7 cm³/mol. The van der Waals surface area contributed by atoms with Crippen LogP contribution in [0, 0.1) is 0 Å². The van der Waals surface area contributed by atoms with Crippen LogP contribution in [-0.4, -0.2) is 69.7 Å². The molecule has 27 heavy (non-hydrogen) atoms. The molecule has 2 aliphatic heterocycles. The Bertz CT molecular complexity index is 880. The smallest absolute Gasteiger partial charge is 0.356 e. The summed E-state index contributed by atoms with van der Waals surface area (Å²) in [5.41, 5.74) is 0.681. The van der Waals surface area contributed by atoms with Crippen molar-refractivity contribution >= 4 is 11.9 Å². The number of carbonyl (C=O) groups excluding carboxylic acids is 1. The molecule has 0 bridgehead atoms. The maximum Gasteiger partial charge on any atom is 0.356 e. The molecule has 2 aromatic rings. The van der Waals surface area contributed by atoms with Crippen LogP contribution >= 0.6 is 0 Å². The summed E-state index contributed by atoms with van der Waals surface area (Å²) in [6.45, 7) is 3.36. The van der Waals surface area contributed by atoms with Crippen LogP contribution in [0.1, 0.15) is 26.5 Å². The lowest BCUT2D eigenvalue weighted by Crippen LogP contribution is -2.48. The summed E-state index contributed by atoms with van der Waals surface area (Å²) in [5, 5.41) is 9.19. The van der Waals surface area contributed by atoms with E-state index in [2.05, 4.69) is 14.9 Å². The zero-order chi connectivity index (χ0) is 18.8. The number of piperazine rings is 1. The van der Waals surface area contributed by atoms with Gasteiger partial charge in [-0.2, -0.15) is 0 Å². The van der Waals surface area contributed by atoms with Crippen molar-refractivity contribution in [1.82, 2.24) is 19.8 Å². The van der Waals surface area contributed by atoms with Gasteiger partial charge < -0.3 is 19.5 Å². The first-order valence-corrected chi connectivity index (χ1v) is 8.56. The fraction of sp³-hybridized carbons (Fsp3) is 0.333. The fourth-order valence-corrected chi connectivity index (χ4v) is 3.21. The first-order chi connectivity index (χ1) is 13.1. The van der Waals surface area contributed by atoms with E-state index in [9.17, 15) is 14.7 Å². The predicted octanol–water partition coefficient (Wildman–Crippen LogP) is 0.861. The van der Waals surface area contributed by atoms with Gasteiger partial charge in [0.15, 0.2) is 22.9 Å². The monoisotopic (exact) mass is 370 g/mol. The highest BCUT2D eigenvalue weighted by Crippen LogP contribution is 2.32. The number of rotatable bonds is 4. The van der Waals surface area contributed by atoms with Crippen LogP contribution in [0.2, 0.25) is 0 Å². The van der Waals surface area contributed by atoms with E-state index in [1.165, 1.54) is 12.4 Å². The topological polar surface area (TPSA) is 105 Å². The molecule has 3 heterocycles. The molecule has 1 aromatic carbocycles. The van der Waals surface area contributed by atoms with Gasteiger partial charge in [-0.25, -0.2) is 14.8 Å². The van der Waals surface area contributed by atoms with Gasteiger partial charge >= 0.3 is 5.97 Å². The van der Waals surface area contributed by atoms with E-state index in [-0.39, 0.29) is 18.2 Å². The zero-order valence-electron chi connectivity index (χ0n) is 14.5. The molecule has 140 valence electrons. The van der Waals surface area contributed by atoms with Gasteiger partial charge in [0.25, 0.3) is 5.91 Å². The molecule has 2 aliphatic rings. The second-order valence-corrected chi connectivity index (χ2v) is 6.31. The quantitative estimate of drug-likeness (QED) is 0.845. The largest absolute Gasteiger partial charge is 0.476 e. The van der Waals surface area contributed by atoms with Crippen LogP contribution in [0.25, 0.3) is 0 Å². The van der Waals surface area contributed by atoms with Gasteiger partial charge in [0.2, 0.25) is 6.79 Å². The van der Waals surface area contributed by atoms with Crippen molar-refractivity contribution in [2.75, 3.05) is 33.0 Å². The van der Waals surface area contributed by atoms with E-state index in [0.717, 1.165) is 23.6 Å². The van der Waals surface area contributed by atoms with Crippen molar-refractivity contribution in [2.45, 2.75) is 6.54 Å². The first kappa shape index (κ1) is 17.2. The van der Waals surface area contributed by atoms with Gasteiger partial charge in [0, 0.05) is 45.1 Å². The third-order valence-electron chi connectivity index (χ3n) is 4.61. The summed E-state index contributed by atoms with van der Waals surface area (Å²) in [5.74, 6) is -0.145. The highest BCUT2D eigenvalue weighted by Gasteiger charge is 2.27. The Kier molecular flexibility index (Phi) is 4.59. The molecular formula is C18H18N4O5. The summed E-state index contributed by atoms with van der Waals surface area (Å²) < 4.78 is 10.7. The Balaban J connectivity index is 1.38. The molecule has 0 radical (unpaired) electrons. The number of nitrogens with zero attached hydrogens (tertiary/aromatic N) is 4. The molecule has 0 saturated carbocycles. The lowest BCUT2D eigenvalue weighted by atomic mass is 10.1. The molecule has 0 aliphatic carbocycles. The first-order valence-electron chi connectivity index (χ1n) is 8.56. The minimum Gasteiger partial charge on any atom is -0.476 e. The summed E-state index contributed by atoms with van der Waals surface area (Å²) in [6.07, 6.45) is 2.60. The van der Waals surface area contributed by atoms with Crippen LogP contribution < -0.4 is 9.47 Å². The van der Waals surface area contributed by atoms with Crippen molar-refractivity contribution in [3.63, 3.8) is 0 Å². The minimum absolute atomic E-state index is 0.116. The average molecular weight is 370 g/mol. The molecule has 1 amide bonds. The molecule has 1 fully saturated rings. The molecule has 0 unspecified atom stereocenters. The number of aromatic nitrogens is 2. The fourth-order valence-electron chi connectivity index (χ4n) is 3.21. The molecule has 0 spiro atoms. The molecule has 1 N–H and O–H groups in total. The third-order valence-corrected chi connectivity index (χ3v) is 4.61. The number of carboxylic acid groups (broad SMARTS) is 1. The van der Waals surface area contributed by atoms with Crippen molar-refractivity contribution in [2.24, 2.45) is 0 Å². The maximum absolute atomic E-state index is 12.6. The summed E-state index contributed by atoms with van der Waals surface area (Å²) in [4.78, 5) is 35.4. The SMILES string of the molecule is O=C(O)c1nccnc1C(=O)N1CCN(Cc2ccc3c(c2)OCO3)CC1. The lowest BCUT2D eigenvalue weighted by molar-refractivity contribution is 0.0600. The highest BCUT2D eigenvalue weighted by molar-refractivity contribution is 6.02. The molecule has 1 aromatic heterocycles. The Labute approximate surface area is 155 Å². The third kappa shape index (κ3) is 3.54. The summed E-state index contributed by atoms with van der Waals surface area (Å²) >= 11 is 0. The van der Waals surface area contributed by atoms with Gasteiger partial charge in [-0.05, 0) is 17.7 Å². The number of carboxylic acids is 1. The van der Waals surface area contributed by atoms with Crippen LogP contribution in [0.3, 0.4) is 0 Å². The summed E-state index contributed by atoms with van der Waals surface area (Å²) in [7, 11) is 0. The molecule has 9 nitrogen and oxygen atoms in total. The van der Waals surface area contributed by atoms with Gasteiger partial charge in [0.05, 0.1) is 0 Å². The van der Waals surface area contributed by atoms with Crippen molar-refractivity contribution in [1.29, 1.82) is 0 Å². The second-order valence-electron chi connectivity index (χ2n) is 6.31. The summed E-state index contributed by atoms with van der Waals surface area (Å²) in [6, 6.07) is 5.88. The number of hydrogen-bond acceptors (Lipinski definition) is 7. The minimum atomic E-state index is -1.26. The van der Waals surface area contributed by atoms with E-state index in [1.54, 1.807) is 4.90 Å². The number of carbonyl (C=O) groups is 2. The number of fused-ring (bicyclic) bond motifs is 1. The Morgan fingerprint density at radius 3 is 2.44 bits per heavy atom. The zero-order valence-corrected chi connectivity index (χ0v) is 14.5. The van der Waals surface area contributed by atoms with Crippen LogP contribution in [-0.2, 0) is 6.54 Å². The van der Waals surface area contributed by atoms with Gasteiger partial charge in [-0.3, -0.25) is 9.69 Å². The van der Waals surface area contributed by atoms with Crippen LogP contribution in [0.4, 0.5) is 0 Å². The molecule has 4 rings (SSSR count). The second kappa shape index (κ2) is 7.20. The Morgan fingerprint density at radius 2 is 1.70 bits per heavy atom. The van der Waals surface area contributed by atoms with Crippen molar-refractivity contribution in [3.8, 4) is 11.5 Å². The van der Waals surface area contributed by atoms with E-state index in [0.29, 0.717) is 26.2 Å². The Hall–Kier alpha value is -3.20. The lowest BCUT2D eigenvalue weighted by Gasteiger charge is -2.34. The molecule has 9 heteroatoms. The standard InChI is InChI=1S/C18H18N4O5/c23-17(15-16(18(24)25)20-4-3-19-15)22-7-5-21(6-8-22)10-12-1-2-13-14(9-12)27-11-26-13/h1-4,9H,5-8,10-11H2,(H,24,25). The van der Waals surface area contributed by atoms with E-state index < -0.39 is 11.9 Å². The van der Waals surface area contributed by atoms with Crippen molar-refractivity contribution in [3.05, 3.63) is 47.5 Å². The number of aromatic carboxylic acids is 1. The number of ether oxygens (including phenoxy) is 2. The van der Waals surface area contributed by atoms with E-state index in [1.807, 2.05) is 18.2 Å². The average Bonchev–Trinajstić information content (AvgIpc) is 3.16. The maximum atomic E-state index is 12.6. The Morgan fingerprint density at radius 1 is 1.00 bits per heavy atom. The molecule has 0 atom stereocenters. The molecule has 1 saturated heterocycles. The number of benzene rings is 1. The van der Waals surface area contributed by atoms with Gasteiger partial charge in [-0.1, -0.05) is 6.07 Å². The van der Waals surface area contributed by atoms with Gasteiger partial charge in [0.1, 0.15) is 0 Å². The highest BCUT2D eigenvalue weighted by atomic mass is 16.7. The van der Waals surface area contributed by atoms with Crippen molar-refractivity contribution < 1.29 is 24.2 Å². The van der Waals surface area contributed by atoms with Gasteiger partial charge in [-0.15, -0.1) is 0 Å². The van der Waals surface area contributed by atoms with Crippen LogP contribution in [0.5, 0.6) is 11.5 Å². The van der Waals surface area contributed by atoms with E-state index >= 15 is 0 Å². The van der Waals surface area contributed by atoms with Crippen LogP contribution in [0.15, 0.2) is 30.6 Å². The van der Waals surface area contributed by atoms with E-state index in [4.69, 9.17) is 9.47 Å². The number of amides is 1. The normalized spacial score (nSPS) is 16.4. The molecular weight excluding hydrogens is 352 g/mol.